The Labute approximate surface area is 102 Å². The van der Waals surface area contributed by atoms with Gasteiger partial charge in [0.2, 0.25) is 0 Å². The Morgan fingerprint density at radius 2 is 2.18 bits per heavy atom. The fourth-order valence-corrected chi connectivity index (χ4v) is 1.50. The van der Waals surface area contributed by atoms with Crippen molar-refractivity contribution < 1.29 is 4.74 Å². The van der Waals surface area contributed by atoms with E-state index in [2.05, 4.69) is 28.9 Å². The minimum Gasteiger partial charge on any atom is -0.383 e. The van der Waals surface area contributed by atoms with E-state index in [9.17, 15) is 0 Å². The highest BCUT2D eigenvalue weighted by Gasteiger charge is 2.10. The van der Waals surface area contributed by atoms with Crippen LogP contribution in [0.1, 0.15) is 19.5 Å². The van der Waals surface area contributed by atoms with E-state index in [1.165, 1.54) is 0 Å². The van der Waals surface area contributed by atoms with Gasteiger partial charge in [-0.3, -0.25) is 0 Å². The third-order valence-corrected chi connectivity index (χ3v) is 2.24. The van der Waals surface area contributed by atoms with Crippen molar-refractivity contribution in [2.75, 3.05) is 31.7 Å². The molecule has 92 valence electrons. The first-order valence-corrected chi connectivity index (χ1v) is 5.65. The van der Waals surface area contributed by atoms with Crippen molar-refractivity contribution in [2.24, 2.45) is 5.92 Å². The second-order valence-electron chi connectivity index (χ2n) is 4.22. The SMILES string of the molecule is COCCN(CC(C)C)c1ccc(C#N)nn1. The summed E-state index contributed by atoms with van der Waals surface area (Å²) in [5.41, 5.74) is 0.338. The zero-order chi connectivity index (χ0) is 12.7. The number of anilines is 1. The van der Waals surface area contributed by atoms with E-state index >= 15 is 0 Å². The number of hydrogen-bond donors (Lipinski definition) is 0. The van der Waals surface area contributed by atoms with Gasteiger partial charge in [0.1, 0.15) is 6.07 Å². The summed E-state index contributed by atoms with van der Waals surface area (Å²) in [7, 11) is 1.68. The van der Waals surface area contributed by atoms with E-state index in [1.54, 1.807) is 13.2 Å². The molecule has 5 nitrogen and oxygen atoms in total. The van der Waals surface area contributed by atoms with E-state index in [1.807, 2.05) is 12.1 Å². The van der Waals surface area contributed by atoms with Crippen LogP contribution >= 0.6 is 0 Å². The minimum atomic E-state index is 0.338. The molecule has 1 aromatic rings. The van der Waals surface area contributed by atoms with Gasteiger partial charge in [-0.05, 0) is 18.1 Å². The molecular weight excluding hydrogens is 216 g/mol. The van der Waals surface area contributed by atoms with Crippen LogP contribution in [0.2, 0.25) is 0 Å². The Hall–Kier alpha value is -1.67. The topological polar surface area (TPSA) is 62.0 Å². The predicted octanol–water partition coefficient (Wildman–Crippen LogP) is 1.46. The van der Waals surface area contributed by atoms with Gasteiger partial charge >= 0.3 is 0 Å². The summed E-state index contributed by atoms with van der Waals surface area (Å²) in [5.74, 6) is 1.32. The van der Waals surface area contributed by atoms with Gasteiger partial charge < -0.3 is 9.64 Å². The standard InChI is InChI=1S/C12H18N4O/c1-10(2)9-16(6-7-17-3)12-5-4-11(8-13)14-15-12/h4-5,10H,6-7,9H2,1-3H3. The minimum absolute atomic E-state index is 0.338. The third kappa shape index (κ3) is 4.37. The lowest BCUT2D eigenvalue weighted by molar-refractivity contribution is 0.204. The number of rotatable bonds is 6. The van der Waals surface area contributed by atoms with Gasteiger partial charge in [-0.25, -0.2) is 0 Å². The van der Waals surface area contributed by atoms with Crippen LogP contribution in [-0.2, 0) is 4.74 Å². The second-order valence-corrected chi connectivity index (χ2v) is 4.22. The highest BCUT2D eigenvalue weighted by molar-refractivity contribution is 5.38. The van der Waals surface area contributed by atoms with Crippen LogP contribution in [0, 0.1) is 17.2 Å². The van der Waals surface area contributed by atoms with Crippen LogP contribution in [0.25, 0.3) is 0 Å². The normalized spacial score (nSPS) is 10.3. The monoisotopic (exact) mass is 234 g/mol. The van der Waals surface area contributed by atoms with E-state index in [-0.39, 0.29) is 0 Å². The molecule has 5 heteroatoms. The molecule has 0 aliphatic heterocycles. The molecule has 0 fully saturated rings. The molecule has 0 amide bonds. The molecule has 0 saturated heterocycles. The number of methoxy groups -OCH3 is 1. The highest BCUT2D eigenvalue weighted by atomic mass is 16.5. The maximum absolute atomic E-state index is 8.67. The summed E-state index contributed by atoms with van der Waals surface area (Å²) < 4.78 is 5.08. The van der Waals surface area contributed by atoms with Crippen LogP contribution in [0.4, 0.5) is 5.82 Å². The third-order valence-electron chi connectivity index (χ3n) is 2.24. The fourth-order valence-electron chi connectivity index (χ4n) is 1.50. The zero-order valence-electron chi connectivity index (χ0n) is 10.6. The van der Waals surface area contributed by atoms with E-state index in [4.69, 9.17) is 10.00 Å². The molecule has 0 unspecified atom stereocenters. The van der Waals surface area contributed by atoms with Gasteiger partial charge in [0, 0.05) is 20.2 Å². The maximum Gasteiger partial charge on any atom is 0.163 e. The summed E-state index contributed by atoms with van der Waals surface area (Å²) >= 11 is 0. The van der Waals surface area contributed by atoms with Gasteiger partial charge in [-0.1, -0.05) is 13.8 Å². The number of ether oxygens (including phenoxy) is 1. The number of hydrogen-bond acceptors (Lipinski definition) is 5. The summed E-state index contributed by atoms with van der Waals surface area (Å²) in [6.07, 6.45) is 0. The average molecular weight is 234 g/mol. The summed E-state index contributed by atoms with van der Waals surface area (Å²) in [6.45, 7) is 6.61. The Morgan fingerprint density at radius 1 is 1.41 bits per heavy atom. The molecule has 0 spiro atoms. The number of nitrogens with zero attached hydrogens (tertiary/aromatic N) is 4. The van der Waals surface area contributed by atoms with Crippen molar-refractivity contribution in [3.8, 4) is 6.07 Å². The largest absolute Gasteiger partial charge is 0.383 e. The van der Waals surface area contributed by atoms with Crippen molar-refractivity contribution in [2.45, 2.75) is 13.8 Å². The Balaban J connectivity index is 2.76. The quantitative estimate of drug-likeness (QED) is 0.745. The average Bonchev–Trinajstić information content (AvgIpc) is 2.34. The predicted molar refractivity (Wildman–Crippen MR) is 65.7 cm³/mol. The van der Waals surface area contributed by atoms with Gasteiger partial charge in [0.05, 0.1) is 6.61 Å². The molecule has 1 heterocycles. The van der Waals surface area contributed by atoms with E-state index in [0.29, 0.717) is 18.2 Å². The second kappa shape index (κ2) is 6.81. The first-order chi connectivity index (χ1) is 8.17. The Kier molecular flexibility index (Phi) is 5.37. The highest BCUT2D eigenvalue weighted by Crippen LogP contribution is 2.11. The number of nitriles is 1. The number of aromatic nitrogens is 2. The summed E-state index contributed by atoms with van der Waals surface area (Å²) in [5, 5.41) is 16.6. The van der Waals surface area contributed by atoms with Gasteiger partial charge in [-0.15, -0.1) is 10.2 Å². The van der Waals surface area contributed by atoms with Crippen LogP contribution in [0.3, 0.4) is 0 Å². The Morgan fingerprint density at radius 3 is 2.65 bits per heavy atom. The summed E-state index contributed by atoms with van der Waals surface area (Å²) in [6, 6.07) is 5.47. The molecule has 0 saturated carbocycles. The van der Waals surface area contributed by atoms with Crippen molar-refractivity contribution in [1.82, 2.24) is 10.2 Å². The molecule has 0 aliphatic rings. The fraction of sp³-hybridized carbons (Fsp3) is 0.583. The Bertz CT molecular complexity index is 369. The van der Waals surface area contributed by atoms with E-state index in [0.717, 1.165) is 18.9 Å². The lowest BCUT2D eigenvalue weighted by Crippen LogP contribution is -2.31. The zero-order valence-corrected chi connectivity index (χ0v) is 10.6. The first-order valence-electron chi connectivity index (χ1n) is 5.65. The molecular formula is C12H18N4O. The first kappa shape index (κ1) is 13.4. The molecule has 17 heavy (non-hydrogen) atoms. The van der Waals surface area contributed by atoms with Gasteiger partial charge in [0.15, 0.2) is 11.5 Å². The van der Waals surface area contributed by atoms with Crippen LogP contribution < -0.4 is 4.90 Å². The molecule has 1 aromatic heterocycles. The molecule has 0 bridgehead atoms. The molecule has 0 aliphatic carbocycles. The van der Waals surface area contributed by atoms with Crippen molar-refractivity contribution in [3.63, 3.8) is 0 Å². The summed E-state index contributed by atoms with van der Waals surface area (Å²) in [4.78, 5) is 2.11. The van der Waals surface area contributed by atoms with Crippen molar-refractivity contribution >= 4 is 5.82 Å². The lowest BCUT2D eigenvalue weighted by atomic mass is 10.2. The van der Waals surface area contributed by atoms with Crippen LogP contribution in [-0.4, -0.2) is 37.0 Å². The van der Waals surface area contributed by atoms with Gasteiger partial charge in [-0.2, -0.15) is 5.26 Å². The van der Waals surface area contributed by atoms with Crippen molar-refractivity contribution in [1.29, 1.82) is 5.26 Å². The molecule has 0 radical (unpaired) electrons. The van der Waals surface area contributed by atoms with Gasteiger partial charge in [0.25, 0.3) is 0 Å². The van der Waals surface area contributed by atoms with Crippen LogP contribution in [0.5, 0.6) is 0 Å². The molecule has 0 N–H and O–H groups in total. The smallest absolute Gasteiger partial charge is 0.163 e. The molecule has 0 aromatic carbocycles. The maximum atomic E-state index is 8.67. The molecule has 0 atom stereocenters. The molecule has 1 rings (SSSR count). The van der Waals surface area contributed by atoms with E-state index < -0.39 is 0 Å². The lowest BCUT2D eigenvalue weighted by Gasteiger charge is -2.24. The van der Waals surface area contributed by atoms with Crippen molar-refractivity contribution in [3.05, 3.63) is 17.8 Å². The van der Waals surface area contributed by atoms with Crippen LogP contribution in [0.15, 0.2) is 12.1 Å².